The molecule has 4 rings (SSSR count). The van der Waals surface area contributed by atoms with Crippen molar-refractivity contribution in [3.8, 4) is 17.2 Å². The van der Waals surface area contributed by atoms with Crippen molar-refractivity contribution in [1.29, 1.82) is 0 Å². The molecule has 1 saturated heterocycles. The van der Waals surface area contributed by atoms with Crippen molar-refractivity contribution in [2.75, 3.05) is 39.0 Å². The average molecular weight is 452 g/mol. The normalized spacial score (nSPS) is 14.5. The number of piperazine rings is 1. The number of carbonyl (C=O) groups is 1. The lowest BCUT2D eigenvalue weighted by Crippen LogP contribution is -2.48. The molecule has 2 aromatic carbocycles. The smallest absolute Gasteiger partial charge is 0.232 e. The molecule has 0 radical (unpaired) electrons. The van der Waals surface area contributed by atoms with Gasteiger partial charge >= 0.3 is 0 Å². The molecule has 0 bridgehead atoms. The highest BCUT2D eigenvalue weighted by atomic mass is 32.2. The summed E-state index contributed by atoms with van der Waals surface area (Å²) in [5, 5.41) is 0. The molecule has 32 heavy (non-hydrogen) atoms. The Balaban J connectivity index is 1.22. The number of nitrogens with zero attached hydrogens (tertiary/aromatic N) is 3. The number of aromatic nitrogens is 1. The fourth-order valence-corrected chi connectivity index (χ4v) is 4.66. The van der Waals surface area contributed by atoms with Crippen molar-refractivity contribution in [3.05, 3.63) is 71.6 Å². The van der Waals surface area contributed by atoms with E-state index in [1.165, 1.54) is 5.56 Å². The molecule has 0 saturated carbocycles. The van der Waals surface area contributed by atoms with Crippen LogP contribution in [0.15, 0.2) is 59.0 Å². The van der Waals surface area contributed by atoms with Crippen molar-refractivity contribution in [3.63, 3.8) is 0 Å². The molecular weight excluding hydrogens is 422 g/mol. The molecule has 1 fully saturated rings. The highest BCUT2D eigenvalue weighted by Crippen LogP contribution is 2.26. The highest BCUT2D eigenvalue weighted by Gasteiger charge is 2.21. The quantitative estimate of drug-likeness (QED) is 0.511. The molecule has 0 aliphatic carbocycles. The van der Waals surface area contributed by atoms with Gasteiger partial charge in [0, 0.05) is 44.0 Å². The van der Waals surface area contributed by atoms with Crippen LogP contribution in [-0.4, -0.2) is 59.7 Å². The predicted molar refractivity (Wildman–Crippen MR) is 128 cm³/mol. The number of benzene rings is 2. The number of thioether (sulfide) groups is 1. The molecule has 1 aliphatic heterocycles. The molecule has 0 atom stereocenters. The fraction of sp³-hybridized carbons (Fsp3) is 0.360. The molecule has 0 spiro atoms. The zero-order chi connectivity index (χ0) is 22.3. The van der Waals surface area contributed by atoms with Crippen LogP contribution in [0.2, 0.25) is 0 Å². The third-order valence-electron chi connectivity index (χ3n) is 5.67. The van der Waals surface area contributed by atoms with E-state index in [2.05, 4.69) is 34.1 Å². The predicted octanol–water partition coefficient (Wildman–Crippen LogP) is 4.24. The first-order chi connectivity index (χ1) is 15.6. The fourth-order valence-electron chi connectivity index (χ4n) is 3.74. The van der Waals surface area contributed by atoms with Gasteiger partial charge in [-0.3, -0.25) is 9.69 Å². The summed E-state index contributed by atoms with van der Waals surface area (Å²) in [5.74, 6) is 3.51. The monoisotopic (exact) mass is 451 g/mol. The van der Waals surface area contributed by atoms with Gasteiger partial charge in [-0.15, -0.1) is 11.8 Å². The molecule has 0 N–H and O–H groups in total. The third kappa shape index (κ3) is 5.72. The van der Waals surface area contributed by atoms with Crippen LogP contribution in [0.4, 0.5) is 0 Å². The summed E-state index contributed by atoms with van der Waals surface area (Å²) in [4.78, 5) is 21.7. The second kappa shape index (κ2) is 10.7. The molecule has 1 aliphatic rings. The lowest BCUT2D eigenvalue weighted by Gasteiger charge is -2.34. The van der Waals surface area contributed by atoms with E-state index in [4.69, 9.17) is 9.15 Å². The molecule has 1 amide bonds. The summed E-state index contributed by atoms with van der Waals surface area (Å²) in [7, 11) is 1.64. The minimum absolute atomic E-state index is 0.200. The van der Waals surface area contributed by atoms with Crippen LogP contribution < -0.4 is 4.74 Å². The Morgan fingerprint density at radius 1 is 1.06 bits per heavy atom. The maximum Gasteiger partial charge on any atom is 0.232 e. The Morgan fingerprint density at radius 2 is 1.78 bits per heavy atom. The number of ether oxygens (including phenoxy) is 1. The van der Waals surface area contributed by atoms with Gasteiger partial charge < -0.3 is 14.1 Å². The van der Waals surface area contributed by atoms with Crippen LogP contribution in [-0.2, 0) is 17.1 Å². The van der Waals surface area contributed by atoms with E-state index in [9.17, 15) is 4.79 Å². The SMILES string of the molecule is COc1ccc(-c2nc(CSCC(=O)N3CCN(Cc4ccccc4)CC3)c(C)o2)cc1. The maximum atomic E-state index is 12.7. The molecule has 168 valence electrons. The summed E-state index contributed by atoms with van der Waals surface area (Å²) in [5.41, 5.74) is 3.12. The van der Waals surface area contributed by atoms with Crippen molar-refractivity contribution in [2.45, 2.75) is 19.2 Å². The summed E-state index contributed by atoms with van der Waals surface area (Å²) in [6.07, 6.45) is 0. The lowest BCUT2D eigenvalue weighted by molar-refractivity contribution is -0.130. The topological polar surface area (TPSA) is 58.8 Å². The van der Waals surface area contributed by atoms with Crippen LogP contribution in [0, 0.1) is 6.92 Å². The van der Waals surface area contributed by atoms with Gasteiger partial charge in [-0.1, -0.05) is 30.3 Å². The Labute approximate surface area is 193 Å². The molecular formula is C25H29N3O3S. The minimum atomic E-state index is 0.200. The zero-order valence-corrected chi connectivity index (χ0v) is 19.4. The molecule has 3 aromatic rings. The van der Waals surface area contributed by atoms with E-state index < -0.39 is 0 Å². The Bertz CT molecular complexity index is 1010. The largest absolute Gasteiger partial charge is 0.497 e. The number of aryl methyl sites for hydroxylation is 1. The number of hydrogen-bond acceptors (Lipinski definition) is 6. The molecule has 6 nitrogen and oxygen atoms in total. The number of oxazole rings is 1. The van der Waals surface area contributed by atoms with Gasteiger partial charge in [0.25, 0.3) is 0 Å². The second-order valence-corrected chi connectivity index (χ2v) is 8.87. The van der Waals surface area contributed by atoms with E-state index in [1.54, 1.807) is 18.9 Å². The van der Waals surface area contributed by atoms with Gasteiger partial charge in [0.05, 0.1) is 18.6 Å². The van der Waals surface area contributed by atoms with E-state index >= 15 is 0 Å². The summed E-state index contributed by atoms with van der Waals surface area (Å²) in [6, 6.07) is 18.1. The zero-order valence-electron chi connectivity index (χ0n) is 18.6. The first-order valence-electron chi connectivity index (χ1n) is 10.8. The van der Waals surface area contributed by atoms with Crippen molar-refractivity contribution in [2.24, 2.45) is 0 Å². The van der Waals surface area contributed by atoms with Gasteiger partial charge in [-0.05, 0) is 36.8 Å². The van der Waals surface area contributed by atoms with Crippen LogP contribution >= 0.6 is 11.8 Å². The first-order valence-corrected chi connectivity index (χ1v) is 12.0. The van der Waals surface area contributed by atoms with Gasteiger partial charge in [-0.25, -0.2) is 4.98 Å². The van der Waals surface area contributed by atoms with Crippen LogP contribution in [0.25, 0.3) is 11.5 Å². The van der Waals surface area contributed by atoms with Crippen molar-refractivity contribution < 1.29 is 13.9 Å². The number of rotatable bonds is 8. The second-order valence-electron chi connectivity index (χ2n) is 7.89. The first kappa shape index (κ1) is 22.4. The maximum absolute atomic E-state index is 12.7. The van der Waals surface area contributed by atoms with Gasteiger partial charge in [0.2, 0.25) is 11.8 Å². The number of carbonyl (C=O) groups excluding carboxylic acids is 1. The van der Waals surface area contributed by atoms with Crippen LogP contribution in [0.1, 0.15) is 17.0 Å². The summed E-state index contributed by atoms with van der Waals surface area (Å²) >= 11 is 1.59. The molecule has 1 aromatic heterocycles. The minimum Gasteiger partial charge on any atom is -0.497 e. The summed E-state index contributed by atoms with van der Waals surface area (Å²) < 4.78 is 11.0. The molecule has 0 unspecified atom stereocenters. The lowest BCUT2D eigenvalue weighted by atomic mass is 10.2. The van der Waals surface area contributed by atoms with E-state index in [-0.39, 0.29) is 5.91 Å². The Morgan fingerprint density at radius 3 is 2.47 bits per heavy atom. The van der Waals surface area contributed by atoms with Gasteiger partial charge in [-0.2, -0.15) is 0 Å². The van der Waals surface area contributed by atoms with Gasteiger partial charge in [0.1, 0.15) is 11.5 Å². The Kier molecular flexibility index (Phi) is 7.50. The van der Waals surface area contributed by atoms with Crippen molar-refractivity contribution >= 4 is 17.7 Å². The Hall–Kier alpha value is -2.77. The van der Waals surface area contributed by atoms with Crippen LogP contribution in [0.3, 0.4) is 0 Å². The van der Waals surface area contributed by atoms with Crippen molar-refractivity contribution in [1.82, 2.24) is 14.8 Å². The van der Waals surface area contributed by atoms with Crippen LogP contribution in [0.5, 0.6) is 5.75 Å². The summed E-state index contributed by atoms with van der Waals surface area (Å²) in [6.45, 7) is 6.27. The van der Waals surface area contributed by atoms with E-state index in [0.717, 1.165) is 55.5 Å². The highest BCUT2D eigenvalue weighted by molar-refractivity contribution is 7.99. The number of hydrogen-bond donors (Lipinski definition) is 0. The molecule has 2 heterocycles. The third-order valence-corrected chi connectivity index (χ3v) is 6.60. The van der Waals surface area contributed by atoms with E-state index in [0.29, 0.717) is 17.4 Å². The number of amides is 1. The number of methoxy groups -OCH3 is 1. The van der Waals surface area contributed by atoms with Gasteiger partial charge in [0.15, 0.2) is 0 Å². The average Bonchev–Trinajstić information content (AvgIpc) is 3.20. The van der Waals surface area contributed by atoms with E-state index in [1.807, 2.05) is 42.2 Å². The molecule has 7 heteroatoms. The standard InChI is InChI=1S/C25H29N3O3S/c1-19-23(26-25(31-19)21-8-10-22(30-2)11-9-21)17-32-18-24(29)28-14-12-27(13-15-28)16-20-6-4-3-5-7-20/h3-11H,12-18H2,1-2H3.